The number of aliphatic hydroxyl groups excluding tert-OH is 2. The Morgan fingerprint density at radius 1 is 1.35 bits per heavy atom. The van der Waals surface area contributed by atoms with Crippen LogP contribution in [-0.2, 0) is 0 Å². The zero-order chi connectivity index (χ0) is 13.2. The summed E-state index contributed by atoms with van der Waals surface area (Å²) in [6, 6.07) is 0.874. The van der Waals surface area contributed by atoms with Gasteiger partial charge in [0.1, 0.15) is 6.10 Å². The van der Waals surface area contributed by atoms with Crippen LogP contribution in [0.2, 0.25) is 0 Å². The third kappa shape index (κ3) is 2.96. The number of hydrogen-bond acceptors (Lipinski definition) is 4. The van der Waals surface area contributed by atoms with Gasteiger partial charge in [-0.1, -0.05) is 15.9 Å². The maximum atomic E-state index is 12.9. The SMILES string of the molecule is O=[N+]([O-])c1cc(F)c(F)cc1C(O)C(O)CBr. The van der Waals surface area contributed by atoms with Crippen LogP contribution >= 0.6 is 15.9 Å². The van der Waals surface area contributed by atoms with Crippen molar-refractivity contribution in [3.05, 3.63) is 39.4 Å². The molecule has 0 fully saturated rings. The van der Waals surface area contributed by atoms with E-state index in [1.165, 1.54) is 0 Å². The molecule has 0 saturated carbocycles. The topological polar surface area (TPSA) is 83.6 Å². The Kier molecular flexibility index (Phi) is 4.49. The standard InChI is InChI=1S/C9H8BrF2NO4/c10-3-8(14)9(15)4-1-5(11)6(12)2-7(4)13(16)17/h1-2,8-9,14-15H,3H2. The molecule has 94 valence electrons. The van der Waals surface area contributed by atoms with Gasteiger partial charge in [0.15, 0.2) is 11.6 Å². The molecule has 0 amide bonds. The number of hydrogen-bond donors (Lipinski definition) is 2. The van der Waals surface area contributed by atoms with Crippen LogP contribution in [0.25, 0.3) is 0 Å². The summed E-state index contributed by atoms with van der Waals surface area (Å²) in [5.41, 5.74) is -1.25. The fraction of sp³-hybridized carbons (Fsp3) is 0.333. The Labute approximate surface area is 103 Å². The zero-order valence-electron chi connectivity index (χ0n) is 8.31. The summed E-state index contributed by atoms with van der Waals surface area (Å²) in [7, 11) is 0. The van der Waals surface area contributed by atoms with Crippen molar-refractivity contribution in [1.82, 2.24) is 0 Å². The molecule has 0 heterocycles. The Balaban J connectivity index is 3.30. The van der Waals surface area contributed by atoms with Crippen molar-refractivity contribution in [2.45, 2.75) is 12.2 Å². The van der Waals surface area contributed by atoms with Gasteiger partial charge < -0.3 is 10.2 Å². The molecule has 2 unspecified atom stereocenters. The lowest BCUT2D eigenvalue weighted by molar-refractivity contribution is -0.386. The van der Waals surface area contributed by atoms with E-state index in [2.05, 4.69) is 15.9 Å². The van der Waals surface area contributed by atoms with E-state index in [0.29, 0.717) is 12.1 Å². The molecule has 0 spiro atoms. The molecular formula is C9H8BrF2NO4. The normalized spacial score (nSPS) is 14.4. The van der Waals surface area contributed by atoms with Crippen molar-refractivity contribution in [3.63, 3.8) is 0 Å². The lowest BCUT2D eigenvalue weighted by Gasteiger charge is -2.15. The Morgan fingerprint density at radius 2 is 1.88 bits per heavy atom. The number of halogens is 3. The maximum absolute atomic E-state index is 12.9. The first-order valence-electron chi connectivity index (χ1n) is 4.44. The fourth-order valence-electron chi connectivity index (χ4n) is 1.24. The highest BCUT2D eigenvalue weighted by Crippen LogP contribution is 2.30. The Hall–Kier alpha value is -1.12. The molecule has 17 heavy (non-hydrogen) atoms. The van der Waals surface area contributed by atoms with Gasteiger partial charge in [0.25, 0.3) is 5.69 Å². The largest absolute Gasteiger partial charge is 0.389 e. The molecule has 1 aromatic carbocycles. The molecule has 0 aliphatic heterocycles. The zero-order valence-corrected chi connectivity index (χ0v) is 9.89. The molecule has 0 aliphatic carbocycles. The lowest BCUT2D eigenvalue weighted by atomic mass is 10.0. The third-order valence-electron chi connectivity index (χ3n) is 2.11. The molecule has 1 aromatic rings. The second-order valence-corrected chi connectivity index (χ2v) is 3.90. The molecule has 1 rings (SSSR count). The van der Waals surface area contributed by atoms with Crippen molar-refractivity contribution in [1.29, 1.82) is 0 Å². The molecule has 0 saturated heterocycles. The van der Waals surface area contributed by atoms with Crippen LogP contribution < -0.4 is 0 Å². The number of alkyl halides is 1. The van der Waals surface area contributed by atoms with E-state index < -0.39 is 40.0 Å². The second kappa shape index (κ2) is 5.48. The first-order valence-corrected chi connectivity index (χ1v) is 5.56. The van der Waals surface area contributed by atoms with Gasteiger partial charge in [-0.25, -0.2) is 8.78 Å². The molecule has 8 heteroatoms. The van der Waals surface area contributed by atoms with Crippen LogP contribution in [0.15, 0.2) is 12.1 Å². The lowest BCUT2D eigenvalue weighted by Crippen LogP contribution is -2.20. The second-order valence-electron chi connectivity index (χ2n) is 3.25. The minimum atomic E-state index is -1.68. The van der Waals surface area contributed by atoms with Gasteiger partial charge in [-0.2, -0.15) is 0 Å². The Bertz CT molecular complexity index is 443. The van der Waals surface area contributed by atoms with E-state index in [4.69, 9.17) is 0 Å². The first kappa shape index (κ1) is 13.9. The molecular weight excluding hydrogens is 304 g/mol. The van der Waals surface area contributed by atoms with Gasteiger partial charge in [0.05, 0.1) is 22.7 Å². The summed E-state index contributed by atoms with van der Waals surface area (Å²) < 4.78 is 25.8. The highest BCUT2D eigenvalue weighted by atomic mass is 79.9. The summed E-state index contributed by atoms with van der Waals surface area (Å²) >= 11 is 2.86. The highest BCUT2D eigenvalue weighted by molar-refractivity contribution is 9.09. The van der Waals surface area contributed by atoms with Crippen molar-refractivity contribution in [2.75, 3.05) is 5.33 Å². The summed E-state index contributed by atoms with van der Waals surface area (Å²) in [6.07, 6.45) is -3.04. The summed E-state index contributed by atoms with van der Waals surface area (Å²) in [5.74, 6) is -2.72. The maximum Gasteiger partial charge on any atom is 0.278 e. The van der Waals surface area contributed by atoms with Gasteiger partial charge in [-0.15, -0.1) is 0 Å². The van der Waals surface area contributed by atoms with E-state index in [1.54, 1.807) is 0 Å². The third-order valence-corrected chi connectivity index (χ3v) is 2.77. The molecule has 2 atom stereocenters. The van der Waals surface area contributed by atoms with Crippen LogP contribution in [0.3, 0.4) is 0 Å². The summed E-state index contributed by atoms with van der Waals surface area (Å²) in [5, 5.41) is 29.4. The van der Waals surface area contributed by atoms with Gasteiger partial charge >= 0.3 is 0 Å². The average molecular weight is 312 g/mol. The number of nitrogens with zero attached hydrogens (tertiary/aromatic N) is 1. The average Bonchev–Trinajstić information content (AvgIpc) is 2.29. The predicted octanol–water partition coefficient (Wildman–Crippen LogP) is 1.66. The molecule has 0 aromatic heterocycles. The van der Waals surface area contributed by atoms with Crippen LogP contribution in [0.4, 0.5) is 14.5 Å². The Morgan fingerprint density at radius 3 is 2.35 bits per heavy atom. The fourth-order valence-corrected chi connectivity index (χ4v) is 1.59. The van der Waals surface area contributed by atoms with Crippen molar-refractivity contribution >= 4 is 21.6 Å². The summed E-state index contributed by atoms with van der Waals surface area (Å²) in [6.45, 7) is 0. The van der Waals surface area contributed by atoms with Crippen LogP contribution in [-0.4, -0.2) is 26.6 Å². The minimum Gasteiger partial charge on any atom is -0.389 e. The summed E-state index contributed by atoms with van der Waals surface area (Å²) in [4.78, 5) is 9.66. The molecule has 5 nitrogen and oxygen atoms in total. The number of benzene rings is 1. The van der Waals surface area contributed by atoms with E-state index >= 15 is 0 Å². The van der Waals surface area contributed by atoms with Crippen LogP contribution in [0.5, 0.6) is 0 Å². The number of nitro groups is 1. The van der Waals surface area contributed by atoms with Crippen molar-refractivity contribution < 1.29 is 23.9 Å². The number of aliphatic hydroxyl groups is 2. The molecule has 0 radical (unpaired) electrons. The number of rotatable bonds is 4. The van der Waals surface area contributed by atoms with Crippen molar-refractivity contribution in [2.24, 2.45) is 0 Å². The predicted molar refractivity (Wildman–Crippen MR) is 57.8 cm³/mol. The number of nitro benzene ring substituents is 1. The smallest absolute Gasteiger partial charge is 0.278 e. The minimum absolute atomic E-state index is 0.0652. The van der Waals surface area contributed by atoms with Gasteiger partial charge in [0, 0.05) is 5.33 Å². The van der Waals surface area contributed by atoms with Gasteiger partial charge in [-0.05, 0) is 6.07 Å². The quantitative estimate of drug-likeness (QED) is 0.503. The van der Waals surface area contributed by atoms with Crippen molar-refractivity contribution in [3.8, 4) is 0 Å². The highest BCUT2D eigenvalue weighted by Gasteiger charge is 2.28. The van der Waals surface area contributed by atoms with Gasteiger partial charge in [0.2, 0.25) is 0 Å². The molecule has 0 aliphatic rings. The molecule has 0 bridgehead atoms. The monoisotopic (exact) mass is 311 g/mol. The van der Waals surface area contributed by atoms with E-state index in [1.807, 2.05) is 0 Å². The van der Waals surface area contributed by atoms with Crippen LogP contribution in [0.1, 0.15) is 11.7 Å². The molecule has 2 N–H and O–H groups in total. The van der Waals surface area contributed by atoms with E-state index in [9.17, 15) is 29.1 Å². The first-order chi connectivity index (χ1) is 7.88. The van der Waals surface area contributed by atoms with E-state index in [-0.39, 0.29) is 5.33 Å². The van der Waals surface area contributed by atoms with Crippen LogP contribution in [0, 0.1) is 21.7 Å². The van der Waals surface area contributed by atoms with Gasteiger partial charge in [-0.3, -0.25) is 10.1 Å². The van der Waals surface area contributed by atoms with E-state index in [0.717, 1.165) is 0 Å².